The zero-order valence-corrected chi connectivity index (χ0v) is 15.6. The highest BCUT2D eigenvalue weighted by molar-refractivity contribution is 6.30. The lowest BCUT2D eigenvalue weighted by Crippen LogP contribution is -2.27. The van der Waals surface area contributed by atoms with Crippen LogP contribution >= 0.6 is 11.6 Å². The first kappa shape index (κ1) is 19.1. The van der Waals surface area contributed by atoms with E-state index in [1.54, 1.807) is 31.4 Å². The molecule has 2 rings (SSSR count). The topological polar surface area (TPSA) is 38.3 Å². The monoisotopic (exact) mass is 357 g/mol. The summed E-state index contributed by atoms with van der Waals surface area (Å²) in [5.41, 5.74) is 2.01. The fraction of sp³-hybridized carbons (Fsp3) is 0.286. The minimum atomic E-state index is -0.114. The third-order valence-electron chi connectivity index (χ3n) is 3.84. The molecule has 0 aliphatic rings. The smallest absolute Gasteiger partial charge is 0.244 e. The van der Waals surface area contributed by atoms with Crippen LogP contribution in [0.1, 0.15) is 37.4 Å². The van der Waals surface area contributed by atoms with Gasteiger partial charge in [0, 0.05) is 11.1 Å². The van der Waals surface area contributed by atoms with Crippen LogP contribution in [0.25, 0.3) is 6.08 Å². The van der Waals surface area contributed by atoms with Crippen molar-refractivity contribution < 1.29 is 9.53 Å². The molecule has 0 aliphatic heterocycles. The van der Waals surface area contributed by atoms with Gasteiger partial charge in [-0.2, -0.15) is 0 Å². The van der Waals surface area contributed by atoms with Gasteiger partial charge in [0.1, 0.15) is 5.75 Å². The number of benzene rings is 2. The molecule has 2 aromatic carbocycles. The zero-order chi connectivity index (χ0) is 18.2. The van der Waals surface area contributed by atoms with E-state index in [0.29, 0.717) is 10.9 Å². The van der Waals surface area contributed by atoms with Crippen LogP contribution in [-0.4, -0.2) is 13.0 Å². The predicted molar refractivity (Wildman–Crippen MR) is 104 cm³/mol. The minimum absolute atomic E-state index is 0.0340. The van der Waals surface area contributed by atoms with E-state index in [1.165, 1.54) is 0 Å². The summed E-state index contributed by atoms with van der Waals surface area (Å²) in [7, 11) is 1.64. The second-order valence-electron chi connectivity index (χ2n) is 6.35. The molecule has 1 amide bonds. The van der Waals surface area contributed by atoms with Gasteiger partial charge in [0.05, 0.1) is 13.2 Å². The molecule has 0 spiro atoms. The number of nitrogens with one attached hydrogen (secondary N) is 1. The Labute approximate surface area is 154 Å². The third kappa shape index (κ3) is 6.28. The summed E-state index contributed by atoms with van der Waals surface area (Å²) in [4.78, 5) is 12.3. The molecule has 0 saturated carbocycles. The highest BCUT2D eigenvalue weighted by Crippen LogP contribution is 2.23. The number of carbonyl (C=O) groups is 1. The maximum Gasteiger partial charge on any atom is 0.244 e. The van der Waals surface area contributed by atoms with Gasteiger partial charge in [-0.15, -0.1) is 0 Å². The number of carbonyl (C=O) groups excluding carboxylic acids is 1. The molecule has 25 heavy (non-hydrogen) atoms. The first-order valence-corrected chi connectivity index (χ1v) is 8.74. The molecule has 0 unspecified atom stereocenters. The molecule has 1 atom stereocenters. The van der Waals surface area contributed by atoms with Crippen LogP contribution in [0.5, 0.6) is 5.75 Å². The van der Waals surface area contributed by atoms with E-state index in [9.17, 15) is 4.79 Å². The van der Waals surface area contributed by atoms with Crippen molar-refractivity contribution in [2.45, 2.75) is 26.3 Å². The Bertz CT molecular complexity index is 706. The number of hydrogen-bond donors (Lipinski definition) is 1. The number of methoxy groups -OCH3 is 1. The van der Waals surface area contributed by atoms with Crippen molar-refractivity contribution in [2.24, 2.45) is 5.92 Å². The van der Waals surface area contributed by atoms with E-state index >= 15 is 0 Å². The normalized spacial score (nSPS) is 12.4. The lowest BCUT2D eigenvalue weighted by molar-refractivity contribution is -0.117. The molecule has 0 saturated heterocycles. The Morgan fingerprint density at radius 3 is 2.32 bits per heavy atom. The van der Waals surface area contributed by atoms with Crippen molar-refractivity contribution in [1.82, 2.24) is 5.32 Å². The molecule has 1 N–H and O–H groups in total. The van der Waals surface area contributed by atoms with Crippen LogP contribution in [0.2, 0.25) is 5.02 Å². The number of hydrogen-bond acceptors (Lipinski definition) is 2. The zero-order valence-electron chi connectivity index (χ0n) is 14.8. The van der Waals surface area contributed by atoms with Crippen molar-refractivity contribution in [3.8, 4) is 5.75 Å². The van der Waals surface area contributed by atoms with E-state index in [2.05, 4.69) is 19.2 Å². The molecule has 0 fully saturated rings. The van der Waals surface area contributed by atoms with E-state index in [4.69, 9.17) is 16.3 Å². The van der Waals surface area contributed by atoms with E-state index in [0.717, 1.165) is 23.3 Å². The SMILES string of the molecule is COc1ccc([C@@H](CC(C)C)NC(=O)/C=C/c2ccc(Cl)cc2)cc1. The Kier molecular flexibility index (Phi) is 7.08. The second-order valence-corrected chi connectivity index (χ2v) is 6.79. The van der Waals surface area contributed by atoms with E-state index in [-0.39, 0.29) is 11.9 Å². The summed E-state index contributed by atoms with van der Waals surface area (Å²) in [5, 5.41) is 3.77. The summed E-state index contributed by atoms with van der Waals surface area (Å²) in [5.74, 6) is 1.16. The Balaban J connectivity index is 2.07. The van der Waals surface area contributed by atoms with Crippen LogP contribution in [0.4, 0.5) is 0 Å². The van der Waals surface area contributed by atoms with Gasteiger partial charge < -0.3 is 10.1 Å². The van der Waals surface area contributed by atoms with Crippen LogP contribution in [0.15, 0.2) is 54.6 Å². The van der Waals surface area contributed by atoms with Crippen LogP contribution in [0.3, 0.4) is 0 Å². The molecule has 2 aromatic rings. The highest BCUT2D eigenvalue weighted by atomic mass is 35.5. The van der Waals surface area contributed by atoms with E-state index < -0.39 is 0 Å². The maximum atomic E-state index is 12.3. The number of rotatable bonds is 7. The summed E-state index contributed by atoms with van der Waals surface area (Å²) >= 11 is 5.87. The quantitative estimate of drug-likeness (QED) is 0.686. The van der Waals surface area contributed by atoms with Gasteiger partial charge in [-0.1, -0.05) is 49.7 Å². The molecule has 132 valence electrons. The second kappa shape index (κ2) is 9.28. The van der Waals surface area contributed by atoms with Crippen molar-refractivity contribution in [2.75, 3.05) is 7.11 Å². The molecule has 0 heterocycles. The Hall–Kier alpha value is -2.26. The van der Waals surface area contributed by atoms with Gasteiger partial charge in [-0.05, 0) is 53.8 Å². The summed E-state index contributed by atoms with van der Waals surface area (Å²) in [6.07, 6.45) is 4.21. The van der Waals surface area contributed by atoms with Crippen LogP contribution < -0.4 is 10.1 Å². The first-order valence-electron chi connectivity index (χ1n) is 8.36. The van der Waals surface area contributed by atoms with Gasteiger partial charge in [0.2, 0.25) is 5.91 Å². The Morgan fingerprint density at radius 1 is 1.12 bits per heavy atom. The van der Waals surface area contributed by atoms with Crippen LogP contribution in [0, 0.1) is 5.92 Å². The standard InChI is InChI=1S/C21H24ClNO2/c1-15(2)14-20(17-7-11-19(25-3)12-8-17)23-21(24)13-6-16-4-9-18(22)10-5-16/h4-13,15,20H,14H2,1-3H3,(H,23,24)/b13-6+/t20-/m1/s1. The van der Waals surface area contributed by atoms with Crippen molar-refractivity contribution in [3.05, 3.63) is 70.8 Å². The van der Waals surface area contributed by atoms with Gasteiger partial charge in [-0.25, -0.2) is 0 Å². The van der Waals surface area contributed by atoms with Gasteiger partial charge in [0.25, 0.3) is 0 Å². The van der Waals surface area contributed by atoms with Gasteiger partial charge in [-0.3, -0.25) is 4.79 Å². The molecular formula is C21H24ClNO2. The number of amides is 1. The van der Waals surface area contributed by atoms with Crippen molar-refractivity contribution >= 4 is 23.6 Å². The Morgan fingerprint density at radius 2 is 1.76 bits per heavy atom. The molecule has 0 aliphatic carbocycles. The largest absolute Gasteiger partial charge is 0.497 e. The summed E-state index contributed by atoms with van der Waals surface area (Å²) in [6, 6.07) is 15.1. The third-order valence-corrected chi connectivity index (χ3v) is 4.09. The fourth-order valence-corrected chi connectivity index (χ4v) is 2.68. The number of ether oxygens (including phenoxy) is 1. The molecule has 0 radical (unpaired) electrons. The predicted octanol–water partition coefficient (Wildman–Crippen LogP) is 5.27. The maximum absolute atomic E-state index is 12.3. The lowest BCUT2D eigenvalue weighted by atomic mass is 9.97. The average molecular weight is 358 g/mol. The molecule has 3 nitrogen and oxygen atoms in total. The highest BCUT2D eigenvalue weighted by Gasteiger charge is 2.15. The fourth-order valence-electron chi connectivity index (χ4n) is 2.55. The summed E-state index contributed by atoms with van der Waals surface area (Å²) in [6.45, 7) is 4.29. The average Bonchev–Trinajstić information content (AvgIpc) is 2.60. The lowest BCUT2D eigenvalue weighted by Gasteiger charge is -2.20. The molecule has 0 aromatic heterocycles. The van der Waals surface area contributed by atoms with Crippen molar-refractivity contribution in [3.63, 3.8) is 0 Å². The molecular weight excluding hydrogens is 334 g/mol. The van der Waals surface area contributed by atoms with Crippen LogP contribution in [-0.2, 0) is 4.79 Å². The van der Waals surface area contributed by atoms with Crippen molar-refractivity contribution in [1.29, 1.82) is 0 Å². The summed E-state index contributed by atoms with van der Waals surface area (Å²) < 4.78 is 5.20. The van der Waals surface area contributed by atoms with Gasteiger partial charge in [0.15, 0.2) is 0 Å². The van der Waals surface area contributed by atoms with Gasteiger partial charge >= 0.3 is 0 Å². The molecule has 0 bridgehead atoms. The van der Waals surface area contributed by atoms with E-state index in [1.807, 2.05) is 36.4 Å². The first-order chi connectivity index (χ1) is 12.0. The number of halogens is 1. The minimum Gasteiger partial charge on any atom is -0.497 e. The molecule has 4 heteroatoms.